The molecular weight excluding hydrogens is 212 g/mol. The highest BCUT2D eigenvalue weighted by molar-refractivity contribution is 5.40. The Kier molecular flexibility index (Phi) is 2.62. The van der Waals surface area contributed by atoms with E-state index >= 15 is 0 Å². The minimum Gasteiger partial charge on any atom is -0.487 e. The standard InChI is InChI=1S/C15H20O2/c1-11-5-6-14-12(9-11)13(16)10-15(17-14)7-3-2-4-8-15/h5-6,9,13,16H,2-4,7-8,10H2,1H3/t13-/m0/s1. The minimum absolute atomic E-state index is 0.0834. The fourth-order valence-electron chi connectivity index (χ4n) is 3.26. The number of rotatable bonds is 0. The number of aryl methyl sites for hydroxylation is 1. The summed E-state index contributed by atoms with van der Waals surface area (Å²) in [5.41, 5.74) is 2.08. The Morgan fingerprint density at radius 1 is 1.24 bits per heavy atom. The van der Waals surface area contributed by atoms with Crippen molar-refractivity contribution in [3.63, 3.8) is 0 Å². The molecule has 1 aliphatic carbocycles. The molecule has 2 heteroatoms. The zero-order valence-corrected chi connectivity index (χ0v) is 10.4. The lowest BCUT2D eigenvalue weighted by Crippen LogP contribution is -2.42. The Hall–Kier alpha value is -1.02. The maximum atomic E-state index is 10.3. The van der Waals surface area contributed by atoms with Crippen LogP contribution in [0.4, 0.5) is 0 Å². The predicted octanol–water partition coefficient (Wildman–Crippen LogP) is 3.51. The smallest absolute Gasteiger partial charge is 0.125 e. The first kappa shape index (κ1) is 11.1. The molecule has 0 unspecified atom stereocenters. The molecule has 0 amide bonds. The van der Waals surface area contributed by atoms with Crippen LogP contribution in [0.2, 0.25) is 0 Å². The third kappa shape index (κ3) is 1.95. The summed E-state index contributed by atoms with van der Waals surface area (Å²) >= 11 is 0. The molecule has 1 spiro atoms. The zero-order valence-electron chi connectivity index (χ0n) is 10.4. The molecule has 2 nitrogen and oxygen atoms in total. The lowest BCUT2D eigenvalue weighted by atomic mass is 9.78. The zero-order chi connectivity index (χ0) is 11.9. The van der Waals surface area contributed by atoms with Gasteiger partial charge in [0.05, 0.1) is 6.10 Å². The van der Waals surface area contributed by atoms with Crippen molar-refractivity contribution in [1.29, 1.82) is 0 Å². The lowest BCUT2D eigenvalue weighted by molar-refractivity contribution is -0.0381. The molecule has 0 bridgehead atoms. The van der Waals surface area contributed by atoms with E-state index in [0.717, 1.165) is 30.6 Å². The third-order valence-electron chi connectivity index (χ3n) is 4.18. The van der Waals surface area contributed by atoms with Gasteiger partial charge < -0.3 is 9.84 Å². The van der Waals surface area contributed by atoms with Crippen molar-refractivity contribution < 1.29 is 9.84 Å². The molecule has 0 aromatic heterocycles. The van der Waals surface area contributed by atoms with Crippen molar-refractivity contribution in [2.24, 2.45) is 0 Å². The van der Waals surface area contributed by atoms with Gasteiger partial charge in [-0.1, -0.05) is 18.1 Å². The first-order chi connectivity index (χ1) is 8.19. The molecule has 1 aliphatic heterocycles. The van der Waals surface area contributed by atoms with Gasteiger partial charge in [0, 0.05) is 12.0 Å². The molecule has 92 valence electrons. The number of benzene rings is 1. The van der Waals surface area contributed by atoms with E-state index in [4.69, 9.17) is 4.74 Å². The number of aliphatic hydroxyl groups excluding tert-OH is 1. The molecule has 3 rings (SSSR count). The molecular formula is C15H20O2. The Balaban J connectivity index is 1.94. The molecule has 2 aliphatic rings. The van der Waals surface area contributed by atoms with E-state index in [0.29, 0.717) is 0 Å². The van der Waals surface area contributed by atoms with E-state index in [1.54, 1.807) is 0 Å². The summed E-state index contributed by atoms with van der Waals surface area (Å²) in [6, 6.07) is 6.13. The molecule has 0 radical (unpaired) electrons. The van der Waals surface area contributed by atoms with Crippen molar-refractivity contribution in [1.82, 2.24) is 0 Å². The largest absolute Gasteiger partial charge is 0.487 e. The summed E-state index contributed by atoms with van der Waals surface area (Å²) in [6.07, 6.45) is 6.37. The molecule has 1 N–H and O–H groups in total. The Bertz CT molecular complexity index is 419. The van der Waals surface area contributed by atoms with E-state index in [9.17, 15) is 5.11 Å². The molecule has 1 atom stereocenters. The topological polar surface area (TPSA) is 29.5 Å². The van der Waals surface area contributed by atoms with Crippen molar-refractivity contribution in [3.05, 3.63) is 29.3 Å². The number of aliphatic hydroxyl groups is 1. The Morgan fingerprint density at radius 2 is 2.00 bits per heavy atom. The molecule has 0 saturated heterocycles. The fraction of sp³-hybridized carbons (Fsp3) is 0.600. The molecule has 1 aromatic carbocycles. The van der Waals surface area contributed by atoms with Crippen LogP contribution < -0.4 is 4.74 Å². The molecule has 1 saturated carbocycles. The normalized spacial score (nSPS) is 26.4. The SMILES string of the molecule is Cc1ccc2c(c1)[C@@H](O)CC1(CCCCC1)O2. The van der Waals surface area contributed by atoms with Crippen LogP contribution in [0.5, 0.6) is 5.75 Å². The third-order valence-corrected chi connectivity index (χ3v) is 4.18. The van der Waals surface area contributed by atoms with Crippen LogP contribution in [0.15, 0.2) is 18.2 Å². The van der Waals surface area contributed by atoms with Gasteiger partial charge in [-0.25, -0.2) is 0 Å². The average Bonchev–Trinajstić information content (AvgIpc) is 2.31. The summed E-state index contributed by atoms with van der Waals surface area (Å²) in [4.78, 5) is 0. The Morgan fingerprint density at radius 3 is 2.76 bits per heavy atom. The quantitative estimate of drug-likeness (QED) is 0.741. The first-order valence-corrected chi connectivity index (χ1v) is 6.66. The fourth-order valence-corrected chi connectivity index (χ4v) is 3.26. The van der Waals surface area contributed by atoms with Gasteiger partial charge in [0.25, 0.3) is 0 Å². The summed E-state index contributed by atoms with van der Waals surface area (Å²) in [5, 5.41) is 10.3. The van der Waals surface area contributed by atoms with Crippen molar-refractivity contribution in [3.8, 4) is 5.75 Å². The number of ether oxygens (including phenoxy) is 1. The summed E-state index contributed by atoms with van der Waals surface area (Å²) in [7, 11) is 0. The van der Waals surface area contributed by atoms with Crippen LogP contribution in [0.1, 0.15) is 55.8 Å². The first-order valence-electron chi connectivity index (χ1n) is 6.66. The van der Waals surface area contributed by atoms with Gasteiger partial charge in [-0.05, 0) is 44.7 Å². The highest BCUT2D eigenvalue weighted by Gasteiger charge is 2.41. The molecule has 1 heterocycles. The second-order valence-electron chi connectivity index (χ2n) is 5.61. The highest BCUT2D eigenvalue weighted by Crippen LogP contribution is 2.46. The van der Waals surface area contributed by atoms with Crippen LogP contribution >= 0.6 is 0 Å². The van der Waals surface area contributed by atoms with E-state index in [-0.39, 0.29) is 11.7 Å². The van der Waals surface area contributed by atoms with Gasteiger partial charge in [0.2, 0.25) is 0 Å². The van der Waals surface area contributed by atoms with Crippen LogP contribution in [0.3, 0.4) is 0 Å². The predicted molar refractivity (Wildman–Crippen MR) is 67.2 cm³/mol. The van der Waals surface area contributed by atoms with Gasteiger partial charge in [0.15, 0.2) is 0 Å². The van der Waals surface area contributed by atoms with Crippen molar-refractivity contribution in [2.75, 3.05) is 0 Å². The van der Waals surface area contributed by atoms with Crippen LogP contribution in [0, 0.1) is 6.92 Å². The van der Waals surface area contributed by atoms with Gasteiger partial charge in [-0.15, -0.1) is 0 Å². The number of fused-ring (bicyclic) bond motifs is 1. The Labute approximate surface area is 103 Å². The van der Waals surface area contributed by atoms with Crippen LogP contribution in [0.25, 0.3) is 0 Å². The van der Waals surface area contributed by atoms with E-state index in [2.05, 4.69) is 19.1 Å². The van der Waals surface area contributed by atoms with Crippen LogP contribution in [-0.4, -0.2) is 10.7 Å². The number of hydrogen-bond acceptors (Lipinski definition) is 2. The molecule has 1 fully saturated rings. The van der Waals surface area contributed by atoms with Gasteiger partial charge in [-0.2, -0.15) is 0 Å². The van der Waals surface area contributed by atoms with E-state index in [1.165, 1.54) is 24.8 Å². The highest BCUT2D eigenvalue weighted by atomic mass is 16.5. The second kappa shape index (κ2) is 4.02. The molecule has 17 heavy (non-hydrogen) atoms. The lowest BCUT2D eigenvalue weighted by Gasteiger charge is -2.43. The van der Waals surface area contributed by atoms with E-state index < -0.39 is 0 Å². The monoisotopic (exact) mass is 232 g/mol. The number of hydrogen-bond donors (Lipinski definition) is 1. The summed E-state index contributed by atoms with van der Waals surface area (Å²) in [6.45, 7) is 2.05. The minimum atomic E-state index is -0.350. The van der Waals surface area contributed by atoms with Gasteiger partial charge in [0.1, 0.15) is 11.4 Å². The van der Waals surface area contributed by atoms with E-state index in [1.807, 2.05) is 6.07 Å². The molecule has 1 aromatic rings. The summed E-state index contributed by atoms with van der Waals surface area (Å²) < 4.78 is 6.23. The maximum Gasteiger partial charge on any atom is 0.125 e. The maximum absolute atomic E-state index is 10.3. The van der Waals surface area contributed by atoms with Crippen molar-refractivity contribution >= 4 is 0 Å². The second-order valence-corrected chi connectivity index (χ2v) is 5.61. The summed E-state index contributed by atoms with van der Waals surface area (Å²) in [5.74, 6) is 0.899. The van der Waals surface area contributed by atoms with Gasteiger partial charge in [-0.3, -0.25) is 0 Å². The van der Waals surface area contributed by atoms with Gasteiger partial charge >= 0.3 is 0 Å². The van der Waals surface area contributed by atoms with Crippen LogP contribution in [-0.2, 0) is 0 Å². The average molecular weight is 232 g/mol. The van der Waals surface area contributed by atoms with Crippen molar-refractivity contribution in [2.45, 2.75) is 57.2 Å².